The van der Waals surface area contributed by atoms with Crippen molar-refractivity contribution in [3.63, 3.8) is 0 Å². The van der Waals surface area contributed by atoms with E-state index in [1.807, 2.05) is 6.92 Å². The van der Waals surface area contributed by atoms with E-state index in [4.69, 9.17) is 14.2 Å². The predicted molar refractivity (Wildman–Crippen MR) is 58.1 cm³/mol. The highest BCUT2D eigenvalue weighted by molar-refractivity contribution is 4.87. The number of rotatable bonds is 2. The van der Waals surface area contributed by atoms with E-state index >= 15 is 0 Å². The fourth-order valence-corrected chi connectivity index (χ4v) is 2.44. The summed E-state index contributed by atoms with van der Waals surface area (Å²) in [6.45, 7) is 4.89. The van der Waals surface area contributed by atoms with Gasteiger partial charge in [-0.05, 0) is 13.3 Å². The van der Waals surface area contributed by atoms with Gasteiger partial charge in [-0.25, -0.2) is 0 Å². The molecule has 0 amide bonds. The van der Waals surface area contributed by atoms with Gasteiger partial charge in [-0.2, -0.15) is 0 Å². The van der Waals surface area contributed by atoms with E-state index in [0.717, 1.165) is 26.1 Å². The maximum Gasteiger partial charge on any atom is 0.169 e. The summed E-state index contributed by atoms with van der Waals surface area (Å²) in [7, 11) is 1.65. The molecule has 2 saturated heterocycles. The summed E-state index contributed by atoms with van der Waals surface area (Å²) in [4.78, 5) is 2.25. The van der Waals surface area contributed by atoms with Crippen LogP contribution in [0.2, 0.25) is 0 Å². The summed E-state index contributed by atoms with van der Waals surface area (Å²) in [5, 5.41) is 10.1. The van der Waals surface area contributed by atoms with Gasteiger partial charge in [0.25, 0.3) is 0 Å². The third kappa shape index (κ3) is 2.55. The Morgan fingerprint density at radius 2 is 2.12 bits per heavy atom. The van der Waals surface area contributed by atoms with Crippen LogP contribution in [-0.4, -0.2) is 68.0 Å². The molecule has 2 heterocycles. The topological polar surface area (TPSA) is 51.2 Å². The van der Waals surface area contributed by atoms with Crippen molar-refractivity contribution in [3.8, 4) is 0 Å². The lowest BCUT2D eigenvalue weighted by molar-refractivity contribution is -0.190. The Bertz CT molecular complexity index is 226. The molecule has 0 spiro atoms. The van der Waals surface area contributed by atoms with E-state index < -0.39 is 6.10 Å². The van der Waals surface area contributed by atoms with Crippen LogP contribution in [0.3, 0.4) is 0 Å². The molecule has 5 nitrogen and oxygen atoms in total. The minimum absolute atomic E-state index is 0.0809. The van der Waals surface area contributed by atoms with Crippen molar-refractivity contribution in [1.29, 1.82) is 0 Å². The fourth-order valence-electron chi connectivity index (χ4n) is 2.44. The minimum Gasteiger partial charge on any atom is -0.389 e. The molecule has 0 bridgehead atoms. The lowest BCUT2D eigenvalue weighted by Crippen LogP contribution is -2.57. The number of hydrogen-bond donors (Lipinski definition) is 1. The van der Waals surface area contributed by atoms with Gasteiger partial charge in [0, 0.05) is 32.8 Å². The summed E-state index contributed by atoms with van der Waals surface area (Å²) in [5.41, 5.74) is 0. The highest BCUT2D eigenvalue weighted by Gasteiger charge is 2.36. The number of nitrogens with zero attached hydrogens (tertiary/aromatic N) is 1. The molecule has 4 atom stereocenters. The van der Waals surface area contributed by atoms with Crippen molar-refractivity contribution >= 4 is 0 Å². The summed E-state index contributed by atoms with van der Waals surface area (Å²) < 4.78 is 16.1. The molecule has 0 aromatic heterocycles. The second-order valence-corrected chi connectivity index (χ2v) is 4.45. The van der Waals surface area contributed by atoms with Gasteiger partial charge in [-0.1, -0.05) is 0 Å². The highest BCUT2D eigenvalue weighted by atomic mass is 16.7. The third-order valence-electron chi connectivity index (χ3n) is 3.47. The first kappa shape index (κ1) is 12.3. The van der Waals surface area contributed by atoms with E-state index in [9.17, 15) is 5.11 Å². The number of morpholine rings is 1. The van der Waals surface area contributed by atoms with Crippen molar-refractivity contribution in [3.05, 3.63) is 0 Å². The SMILES string of the molecule is COC1CN(C2CCO[C@@H](C)C2O)CCO1. The van der Waals surface area contributed by atoms with E-state index in [0.29, 0.717) is 6.61 Å². The number of hydrogen-bond acceptors (Lipinski definition) is 5. The van der Waals surface area contributed by atoms with Gasteiger partial charge in [-0.15, -0.1) is 0 Å². The van der Waals surface area contributed by atoms with Crippen LogP contribution in [-0.2, 0) is 14.2 Å². The maximum atomic E-state index is 10.1. The summed E-state index contributed by atoms with van der Waals surface area (Å²) in [6.07, 6.45) is 0.216. The number of ether oxygens (including phenoxy) is 3. The Morgan fingerprint density at radius 3 is 2.88 bits per heavy atom. The zero-order chi connectivity index (χ0) is 11.5. The van der Waals surface area contributed by atoms with E-state index in [1.165, 1.54) is 0 Å². The monoisotopic (exact) mass is 231 g/mol. The Labute approximate surface area is 96.3 Å². The average Bonchev–Trinajstić information content (AvgIpc) is 2.33. The van der Waals surface area contributed by atoms with Gasteiger partial charge in [0.15, 0.2) is 6.29 Å². The Morgan fingerprint density at radius 1 is 1.31 bits per heavy atom. The highest BCUT2D eigenvalue weighted by Crippen LogP contribution is 2.22. The molecule has 2 fully saturated rings. The van der Waals surface area contributed by atoms with Crippen LogP contribution in [0.15, 0.2) is 0 Å². The molecular weight excluding hydrogens is 210 g/mol. The van der Waals surface area contributed by atoms with Crippen LogP contribution < -0.4 is 0 Å². The molecule has 16 heavy (non-hydrogen) atoms. The second-order valence-electron chi connectivity index (χ2n) is 4.45. The van der Waals surface area contributed by atoms with Gasteiger partial charge in [0.2, 0.25) is 0 Å². The van der Waals surface area contributed by atoms with E-state index in [1.54, 1.807) is 7.11 Å². The molecule has 1 N–H and O–H groups in total. The molecule has 0 saturated carbocycles. The van der Waals surface area contributed by atoms with Crippen molar-refractivity contribution in [1.82, 2.24) is 4.90 Å². The molecule has 2 aliphatic heterocycles. The van der Waals surface area contributed by atoms with Crippen LogP contribution in [0, 0.1) is 0 Å². The molecule has 94 valence electrons. The average molecular weight is 231 g/mol. The lowest BCUT2D eigenvalue weighted by Gasteiger charge is -2.43. The van der Waals surface area contributed by atoms with Crippen LogP contribution in [0.1, 0.15) is 13.3 Å². The van der Waals surface area contributed by atoms with E-state index in [-0.39, 0.29) is 18.4 Å². The van der Waals surface area contributed by atoms with Crippen LogP contribution >= 0.6 is 0 Å². The van der Waals surface area contributed by atoms with Gasteiger partial charge in [-0.3, -0.25) is 4.90 Å². The third-order valence-corrected chi connectivity index (χ3v) is 3.47. The molecule has 0 aliphatic carbocycles. The first-order valence-electron chi connectivity index (χ1n) is 5.90. The van der Waals surface area contributed by atoms with Crippen LogP contribution in [0.5, 0.6) is 0 Å². The molecule has 0 radical (unpaired) electrons. The largest absolute Gasteiger partial charge is 0.389 e. The Balaban J connectivity index is 1.94. The van der Waals surface area contributed by atoms with Crippen molar-refractivity contribution in [2.24, 2.45) is 0 Å². The first-order valence-corrected chi connectivity index (χ1v) is 5.90. The Kier molecular flexibility index (Phi) is 4.16. The summed E-state index contributed by atoms with van der Waals surface area (Å²) >= 11 is 0. The van der Waals surface area contributed by atoms with Crippen LogP contribution in [0.25, 0.3) is 0 Å². The smallest absolute Gasteiger partial charge is 0.169 e. The standard InChI is InChI=1S/C11H21NO4/c1-8-11(13)9(3-5-15-8)12-4-6-16-10(7-12)14-2/h8-11,13H,3-7H2,1-2H3/t8-,9?,10?,11?/m0/s1. The number of aliphatic hydroxyl groups is 1. The van der Waals surface area contributed by atoms with Crippen molar-refractivity contribution in [2.45, 2.75) is 37.9 Å². The molecular formula is C11H21NO4. The second kappa shape index (κ2) is 5.42. The number of methoxy groups -OCH3 is 1. The van der Waals surface area contributed by atoms with Gasteiger partial charge in [0.05, 0.1) is 18.8 Å². The molecule has 0 aromatic carbocycles. The fraction of sp³-hybridized carbons (Fsp3) is 1.00. The predicted octanol–water partition coefficient (Wildman–Crippen LogP) is -0.171. The normalized spacial score (nSPS) is 42.2. The van der Waals surface area contributed by atoms with Gasteiger partial charge in [0.1, 0.15) is 0 Å². The Hall–Kier alpha value is -0.200. The quantitative estimate of drug-likeness (QED) is 0.715. The maximum absolute atomic E-state index is 10.1. The van der Waals surface area contributed by atoms with Crippen LogP contribution in [0.4, 0.5) is 0 Å². The molecule has 0 aromatic rings. The zero-order valence-corrected chi connectivity index (χ0v) is 9.96. The molecule has 2 aliphatic rings. The summed E-state index contributed by atoms with van der Waals surface area (Å²) in [6, 6.07) is 0.172. The van der Waals surface area contributed by atoms with Gasteiger partial charge >= 0.3 is 0 Å². The zero-order valence-electron chi connectivity index (χ0n) is 9.96. The van der Waals surface area contributed by atoms with E-state index in [2.05, 4.69) is 4.90 Å². The lowest BCUT2D eigenvalue weighted by atomic mass is 9.98. The van der Waals surface area contributed by atoms with Crippen molar-refractivity contribution < 1.29 is 19.3 Å². The minimum atomic E-state index is -0.413. The summed E-state index contributed by atoms with van der Waals surface area (Å²) in [5.74, 6) is 0. The molecule has 2 rings (SSSR count). The van der Waals surface area contributed by atoms with Gasteiger partial charge < -0.3 is 19.3 Å². The molecule has 3 unspecified atom stereocenters. The number of aliphatic hydroxyl groups excluding tert-OH is 1. The van der Waals surface area contributed by atoms with Crippen molar-refractivity contribution in [2.75, 3.05) is 33.4 Å². The molecule has 5 heteroatoms. The first-order chi connectivity index (χ1) is 7.72.